The molecule has 3 nitrogen and oxygen atoms in total. The Bertz CT molecular complexity index is 976. The zero-order valence-corrected chi connectivity index (χ0v) is 12.8. The molecule has 0 spiro atoms. The van der Waals surface area contributed by atoms with Crippen LogP contribution in [-0.4, -0.2) is 9.97 Å². The molecule has 0 aliphatic heterocycles. The Morgan fingerprint density at radius 1 is 1.08 bits per heavy atom. The largest absolute Gasteiger partial charge is 0.416 e. The summed E-state index contributed by atoms with van der Waals surface area (Å²) in [4.78, 5) is 18.8. The van der Waals surface area contributed by atoms with Crippen LogP contribution >= 0.6 is 11.6 Å². The Labute approximate surface area is 139 Å². The standard InChI is InChI=1S/C17H10ClF3N2O/c18-13(9-10-5-7-11(8-6-10)17(19,20)21)15-22-14-4-2-1-3-12(14)16(24)23-15/h1-9H,(H,22,23,24)/b13-9-. The van der Waals surface area contributed by atoms with E-state index in [1.54, 1.807) is 24.3 Å². The van der Waals surface area contributed by atoms with Gasteiger partial charge in [0.15, 0.2) is 5.82 Å². The number of alkyl halides is 3. The van der Waals surface area contributed by atoms with E-state index in [0.29, 0.717) is 16.5 Å². The fourth-order valence-electron chi connectivity index (χ4n) is 2.18. The summed E-state index contributed by atoms with van der Waals surface area (Å²) in [7, 11) is 0. The van der Waals surface area contributed by atoms with Gasteiger partial charge in [0.1, 0.15) is 0 Å². The average molecular weight is 351 g/mol. The average Bonchev–Trinajstić information content (AvgIpc) is 2.54. The Kier molecular flexibility index (Phi) is 4.15. The molecule has 0 saturated carbocycles. The van der Waals surface area contributed by atoms with Crippen LogP contribution in [0, 0.1) is 0 Å². The highest BCUT2D eigenvalue weighted by molar-refractivity contribution is 6.50. The highest BCUT2D eigenvalue weighted by Crippen LogP contribution is 2.29. The minimum Gasteiger partial charge on any atom is -0.305 e. The van der Waals surface area contributed by atoms with Gasteiger partial charge in [-0.15, -0.1) is 0 Å². The van der Waals surface area contributed by atoms with Crippen LogP contribution in [0.5, 0.6) is 0 Å². The molecule has 0 saturated heterocycles. The van der Waals surface area contributed by atoms with E-state index in [1.807, 2.05) is 0 Å². The number of halogens is 4. The van der Waals surface area contributed by atoms with Crippen molar-refractivity contribution in [2.24, 2.45) is 0 Å². The molecule has 3 aromatic rings. The molecule has 0 unspecified atom stereocenters. The van der Waals surface area contributed by atoms with Gasteiger partial charge in [0.25, 0.3) is 5.56 Å². The Morgan fingerprint density at radius 3 is 2.42 bits per heavy atom. The highest BCUT2D eigenvalue weighted by Gasteiger charge is 2.29. The zero-order valence-electron chi connectivity index (χ0n) is 12.1. The summed E-state index contributed by atoms with van der Waals surface area (Å²) < 4.78 is 37.6. The highest BCUT2D eigenvalue weighted by atomic mass is 35.5. The van der Waals surface area contributed by atoms with Crippen molar-refractivity contribution in [2.75, 3.05) is 0 Å². The number of hydrogen-bond acceptors (Lipinski definition) is 2. The van der Waals surface area contributed by atoms with Gasteiger partial charge in [0, 0.05) is 0 Å². The van der Waals surface area contributed by atoms with Gasteiger partial charge in [0.05, 0.1) is 21.5 Å². The lowest BCUT2D eigenvalue weighted by atomic mass is 10.1. The minimum absolute atomic E-state index is 0.123. The number of aromatic amines is 1. The van der Waals surface area contributed by atoms with Gasteiger partial charge >= 0.3 is 6.18 Å². The fraction of sp³-hybridized carbons (Fsp3) is 0.0588. The number of hydrogen-bond donors (Lipinski definition) is 1. The summed E-state index contributed by atoms with van der Waals surface area (Å²) >= 11 is 6.15. The molecule has 2 aromatic carbocycles. The number of nitrogens with one attached hydrogen (secondary N) is 1. The van der Waals surface area contributed by atoms with Crippen LogP contribution in [0.25, 0.3) is 22.0 Å². The summed E-state index contributed by atoms with van der Waals surface area (Å²) in [5, 5.41) is 0.554. The van der Waals surface area contributed by atoms with Gasteiger partial charge in [-0.25, -0.2) is 4.98 Å². The molecule has 1 aromatic heterocycles. The molecule has 24 heavy (non-hydrogen) atoms. The molecule has 122 valence electrons. The predicted octanol–water partition coefficient (Wildman–Crippen LogP) is 4.68. The van der Waals surface area contributed by atoms with Crippen molar-refractivity contribution in [1.29, 1.82) is 0 Å². The van der Waals surface area contributed by atoms with Crippen molar-refractivity contribution in [3.05, 3.63) is 75.8 Å². The number of fused-ring (bicyclic) bond motifs is 1. The van der Waals surface area contributed by atoms with Crippen molar-refractivity contribution >= 4 is 33.6 Å². The lowest BCUT2D eigenvalue weighted by Gasteiger charge is -2.06. The number of benzene rings is 2. The van der Waals surface area contributed by atoms with Crippen LogP contribution in [0.2, 0.25) is 0 Å². The van der Waals surface area contributed by atoms with Crippen LogP contribution < -0.4 is 5.56 Å². The monoisotopic (exact) mass is 350 g/mol. The minimum atomic E-state index is -4.39. The quantitative estimate of drug-likeness (QED) is 0.729. The molecular formula is C17H10ClF3N2O. The second kappa shape index (κ2) is 6.13. The molecule has 0 aliphatic carbocycles. The van der Waals surface area contributed by atoms with Gasteiger partial charge in [-0.05, 0) is 35.9 Å². The zero-order chi connectivity index (χ0) is 17.3. The molecule has 0 radical (unpaired) electrons. The van der Waals surface area contributed by atoms with Crippen molar-refractivity contribution in [3.8, 4) is 0 Å². The lowest BCUT2D eigenvalue weighted by molar-refractivity contribution is -0.137. The maximum Gasteiger partial charge on any atom is 0.416 e. The molecular weight excluding hydrogens is 341 g/mol. The normalized spacial score (nSPS) is 12.6. The second-order valence-corrected chi connectivity index (χ2v) is 5.45. The van der Waals surface area contributed by atoms with Gasteiger partial charge in [-0.2, -0.15) is 13.2 Å². The summed E-state index contributed by atoms with van der Waals surface area (Å²) in [6.07, 6.45) is -2.95. The third kappa shape index (κ3) is 3.33. The van der Waals surface area contributed by atoms with Crippen molar-refractivity contribution in [2.45, 2.75) is 6.18 Å². The molecule has 0 amide bonds. The predicted molar refractivity (Wildman–Crippen MR) is 87.5 cm³/mol. The first kappa shape index (κ1) is 16.3. The van der Waals surface area contributed by atoms with Crippen molar-refractivity contribution in [3.63, 3.8) is 0 Å². The molecule has 3 rings (SSSR count). The number of para-hydroxylation sites is 1. The first-order valence-corrected chi connectivity index (χ1v) is 7.26. The molecule has 7 heteroatoms. The van der Waals surface area contributed by atoms with Crippen LogP contribution in [0.4, 0.5) is 13.2 Å². The van der Waals surface area contributed by atoms with Crippen LogP contribution in [0.15, 0.2) is 53.3 Å². The SMILES string of the molecule is O=c1[nH]c(/C(Cl)=C/c2ccc(C(F)(F)F)cc2)nc2ccccc12. The van der Waals surface area contributed by atoms with E-state index >= 15 is 0 Å². The molecule has 0 bridgehead atoms. The van der Waals surface area contributed by atoms with E-state index in [9.17, 15) is 18.0 Å². The van der Waals surface area contributed by atoms with Crippen LogP contribution in [0.3, 0.4) is 0 Å². The van der Waals surface area contributed by atoms with Crippen LogP contribution in [-0.2, 0) is 6.18 Å². The van der Waals surface area contributed by atoms with Crippen LogP contribution in [0.1, 0.15) is 17.0 Å². The summed E-state index contributed by atoms with van der Waals surface area (Å²) in [5.74, 6) is 0.153. The molecule has 1 heterocycles. The summed E-state index contributed by atoms with van der Waals surface area (Å²) in [6, 6.07) is 11.3. The Balaban J connectivity index is 1.98. The topological polar surface area (TPSA) is 45.8 Å². The van der Waals surface area contributed by atoms with E-state index in [2.05, 4.69) is 9.97 Å². The fourth-order valence-corrected chi connectivity index (χ4v) is 2.40. The number of aromatic nitrogens is 2. The lowest BCUT2D eigenvalue weighted by Crippen LogP contribution is -2.10. The summed E-state index contributed by atoms with van der Waals surface area (Å²) in [5.41, 5.74) is -0.137. The Morgan fingerprint density at radius 2 is 1.75 bits per heavy atom. The second-order valence-electron chi connectivity index (χ2n) is 5.04. The number of nitrogens with zero attached hydrogens (tertiary/aromatic N) is 1. The maximum absolute atomic E-state index is 12.5. The third-order valence-electron chi connectivity index (χ3n) is 3.37. The van der Waals surface area contributed by atoms with E-state index in [0.717, 1.165) is 12.1 Å². The molecule has 1 N–H and O–H groups in total. The first-order chi connectivity index (χ1) is 11.3. The van der Waals surface area contributed by atoms with Crippen molar-refractivity contribution in [1.82, 2.24) is 9.97 Å². The maximum atomic E-state index is 12.5. The smallest absolute Gasteiger partial charge is 0.305 e. The number of H-pyrrole nitrogens is 1. The van der Waals surface area contributed by atoms with Gasteiger partial charge < -0.3 is 4.98 Å². The third-order valence-corrected chi connectivity index (χ3v) is 3.66. The Hall–Kier alpha value is -2.60. The molecule has 0 atom stereocenters. The van der Waals surface area contributed by atoms with E-state index < -0.39 is 11.7 Å². The molecule has 0 aliphatic rings. The first-order valence-electron chi connectivity index (χ1n) is 6.88. The van der Waals surface area contributed by atoms with Gasteiger partial charge in [-0.1, -0.05) is 35.9 Å². The van der Waals surface area contributed by atoms with E-state index in [4.69, 9.17) is 11.6 Å². The number of rotatable bonds is 2. The van der Waals surface area contributed by atoms with E-state index in [-0.39, 0.29) is 16.4 Å². The van der Waals surface area contributed by atoms with E-state index in [1.165, 1.54) is 18.2 Å². The molecule has 0 fully saturated rings. The summed E-state index contributed by atoms with van der Waals surface area (Å²) in [6.45, 7) is 0. The van der Waals surface area contributed by atoms with Gasteiger partial charge in [-0.3, -0.25) is 4.79 Å². The van der Waals surface area contributed by atoms with Gasteiger partial charge in [0.2, 0.25) is 0 Å². The van der Waals surface area contributed by atoms with Crippen molar-refractivity contribution < 1.29 is 13.2 Å².